The van der Waals surface area contributed by atoms with Crippen LogP contribution in [0, 0.1) is 17.2 Å². The summed E-state index contributed by atoms with van der Waals surface area (Å²) in [6.07, 6.45) is 2.37. The maximum Gasteiger partial charge on any atom is 0.258 e. The SMILES string of the molecule is N#CC(C(=O)c1ccc(Cl)cc1)C1=CCCN1C(=O)c1ccc(Cl)cc1. The number of allylic oxidation sites excluding steroid dienone is 1. The van der Waals surface area contributed by atoms with Gasteiger partial charge in [0.2, 0.25) is 0 Å². The van der Waals surface area contributed by atoms with Gasteiger partial charge in [0.25, 0.3) is 5.91 Å². The fourth-order valence-corrected chi connectivity index (χ4v) is 3.11. The molecule has 0 saturated carbocycles. The first kappa shape index (κ1) is 18.2. The minimum absolute atomic E-state index is 0.255. The van der Waals surface area contributed by atoms with Crippen LogP contribution in [0.3, 0.4) is 0 Å². The van der Waals surface area contributed by atoms with Crippen molar-refractivity contribution in [3.63, 3.8) is 0 Å². The normalized spacial score (nSPS) is 14.5. The monoisotopic (exact) mass is 384 g/mol. The fraction of sp³-hybridized carbons (Fsp3) is 0.150. The Morgan fingerprint density at radius 1 is 0.962 bits per heavy atom. The zero-order valence-electron chi connectivity index (χ0n) is 13.7. The van der Waals surface area contributed by atoms with Gasteiger partial charge in [0.1, 0.15) is 5.92 Å². The molecule has 1 amide bonds. The number of halogens is 2. The number of rotatable bonds is 4. The third-order valence-electron chi connectivity index (χ3n) is 4.17. The minimum Gasteiger partial charge on any atom is -0.310 e. The zero-order chi connectivity index (χ0) is 18.7. The molecule has 3 rings (SSSR count). The summed E-state index contributed by atoms with van der Waals surface area (Å²) in [5.74, 6) is -1.66. The van der Waals surface area contributed by atoms with Crippen LogP contribution in [0.5, 0.6) is 0 Å². The Labute approximate surface area is 161 Å². The van der Waals surface area contributed by atoms with Crippen LogP contribution in [0.4, 0.5) is 0 Å². The highest BCUT2D eigenvalue weighted by Crippen LogP contribution is 2.28. The summed E-state index contributed by atoms with van der Waals surface area (Å²) in [6, 6.07) is 14.9. The van der Waals surface area contributed by atoms with E-state index in [2.05, 4.69) is 0 Å². The van der Waals surface area contributed by atoms with Gasteiger partial charge < -0.3 is 4.90 Å². The molecule has 4 nitrogen and oxygen atoms in total. The molecule has 6 heteroatoms. The van der Waals surface area contributed by atoms with Gasteiger partial charge >= 0.3 is 0 Å². The lowest BCUT2D eigenvalue weighted by atomic mass is 9.95. The summed E-state index contributed by atoms with van der Waals surface area (Å²) in [7, 11) is 0. The Hall–Kier alpha value is -2.61. The second kappa shape index (κ2) is 7.74. The number of carbonyl (C=O) groups is 2. The third kappa shape index (κ3) is 3.65. The van der Waals surface area contributed by atoms with Crippen molar-refractivity contribution in [3.8, 4) is 6.07 Å². The van der Waals surface area contributed by atoms with E-state index in [0.717, 1.165) is 0 Å². The highest BCUT2D eigenvalue weighted by Gasteiger charge is 2.33. The average Bonchev–Trinajstić information content (AvgIpc) is 3.12. The molecule has 130 valence electrons. The van der Waals surface area contributed by atoms with Crippen molar-refractivity contribution in [1.82, 2.24) is 4.90 Å². The van der Waals surface area contributed by atoms with Gasteiger partial charge in [-0.3, -0.25) is 9.59 Å². The molecule has 0 spiro atoms. The number of hydrogen-bond acceptors (Lipinski definition) is 3. The standard InChI is InChI=1S/C20H14Cl2N2O2/c21-15-7-3-13(4-8-15)19(25)17(12-23)18-2-1-11-24(18)20(26)14-5-9-16(22)10-6-14/h2-10,17H,1,11H2. The molecule has 2 aromatic carbocycles. The Morgan fingerprint density at radius 3 is 2.04 bits per heavy atom. The average molecular weight is 385 g/mol. The number of Topliss-reactive ketones (excluding diaryl/α,β-unsaturated/α-hetero) is 1. The number of nitriles is 1. The van der Waals surface area contributed by atoms with Crippen LogP contribution in [-0.2, 0) is 0 Å². The van der Waals surface area contributed by atoms with Crippen molar-refractivity contribution in [2.75, 3.05) is 6.54 Å². The van der Waals surface area contributed by atoms with Crippen molar-refractivity contribution >= 4 is 34.9 Å². The van der Waals surface area contributed by atoms with Crippen molar-refractivity contribution in [2.45, 2.75) is 6.42 Å². The lowest BCUT2D eigenvalue weighted by Gasteiger charge is -2.23. The second-order valence-electron chi connectivity index (χ2n) is 5.81. The lowest BCUT2D eigenvalue weighted by molar-refractivity contribution is 0.0800. The molecule has 0 bridgehead atoms. The summed E-state index contributed by atoms with van der Waals surface area (Å²) in [5.41, 5.74) is 1.26. The van der Waals surface area contributed by atoms with E-state index in [-0.39, 0.29) is 11.7 Å². The number of ketones is 1. The Kier molecular flexibility index (Phi) is 5.41. The minimum atomic E-state index is -1.05. The van der Waals surface area contributed by atoms with Gasteiger partial charge in [0.15, 0.2) is 5.78 Å². The molecule has 1 unspecified atom stereocenters. The van der Waals surface area contributed by atoms with Crippen LogP contribution in [0.25, 0.3) is 0 Å². The van der Waals surface area contributed by atoms with Crippen LogP contribution >= 0.6 is 23.2 Å². The molecule has 1 aliphatic heterocycles. The molecule has 0 radical (unpaired) electrons. The fourth-order valence-electron chi connectivity index (χ4n) is 2.86. The van der Waals surface area contributed by atoms with E-state index < -0.39 is 5.92 Å². The van der Waals surface area contributed by atoms with Crippen LogP contribution in [-0.4, -0.2) is 23.1 Å². The van der Waals surface area contributed by atoms with E-state index in [9.17, 15) is 14.9 Å². The molecule has 1 heterocycles. The molecule has 0 saturated heterocycles. The van der Waals surface area contributed by atoms with Gasteiger partial charge in [-0.25, -0.2) is 0 Å². The Morgan fingerprint density at radius 2 is 1.50 bits per heavy atom. The summed E-state index contributed by atoms with van der Waals surface area (Å²) in [4.78, 5) is 27.0. The molecule has 1 aliphatic rings. The molecule has 0 fully saturated rings. The van der Waals surface area contributed by atoms with Gasteiger partial charge in [0.05, 0.1) is 6.07 Å². The molecule has 0 aromatic heterocycles. The molecule has 1 atom stereocenters. The first-order valence-corrected chi connectivity index (χ1v) is 8.73. The Bertz CT molecular complexity index is 912. The van der Waals surface area contributed by atoms with Crippen LogP contribution in [0.1, 0.15) is 27.1 Å². The zero-order valence-corrected chi connectivity index (χ0v) is 15.2. The number of nitrogens with zero attached hydrogens (tertiary/aromatic N) is 2. The summed E-state index contributed by atoms with van der Waals surface area (Å²) in [5, 5.41) is 10.6. The molecular weight excluding hydrogens is 371 g/mol. The number of amides is 1. The van der Waals surface area contributed by atoms with Crippen molar-refractivity contribution in [1.29, 1.82) is 5.26 Å². The second-order valence-corrected chi connectivity index (χ2v) is 6.69. The highest BCUT2D eigenvalue weighted by molar-refractivity contribution is 6.31. The van der Waals surface area contributed by atoms with Gasteiger partial charge in [-0.2, -0.15) is 5.26 Å². The predicted octanol–water partition coefficient (Wildman–Crippen LogP) is 4.75. The van der Waals surface area contributed by atoms with Crippen molar-refractivity contribution in [2.24, 2.45) is 5.92 Å². The van der Waals surface area contributed by atoms with E-state index in [1.807, 2.05) is 6.07 Å². The van der Waals surface area contributed by atoms with Crippen LogP contribution in [0.15, 0.2) is 60.3 Å². The highest BCUT2D eigenvalue weighted by atomic mass is 35.5. The summed E-state index contributed by atoms with van der Waals surface area (Å²) >= 11 is 11.7. The quantitative estimate of drug-likeness (QED) is 0.714. The number of carbonyl (C=O) groups excluding carboxylic acids is 2. The van der Waals surface area contributed by atoms with E-state index in [1.54, 1.807) is 54.6 Å². The van der Waals surface area contributed by atoms with E-state index in [4.69, 9.17) is 23.2 Å². The van der Waals surface area contributed by atoms with Crippen molar-refractivity contribution < 1.29 is 9.59 Å². The van der Waals surface area contributed by atoms with Crippen LogP contribution < -0.4 is 0 Å². The number of benzene rings is 2. The molecule has 0 aliphatic carbocycles. The first-order valence-electron chi connectivity index (χ1n) is 7.98. The van der Waals surface area contributed by atoms with Crippen LogP contribution in [0.2, 0.25) is 10.0 Å². The largest absolute Gasteiger partial charge is 0.310 e. The number of hydrogen-bond donors (Lipinski definition) is 0. The van der Waals surface area contributed by atoms with E-state index in [0.29, 0.717) is 39.8 Å². The topological polar surface area (TPSA) is 61.2 Å². The van der Waals surface area contributed by atoms with Gasteiger partial charge in [-0.1, -0.05) is 29.3 Å². The first-order chi connectivity index (χ1) is 12.5. The Balaban J connectivity index is 1.86. The van der Waals surface area contributed by atoms with Gasteiger partial charge in [-0.15, -0.1) is 0 Å². The van der Waals surface area contributed by atoms with Gasteiger partial charge in [0, 0.05) is 33.4 Å². The molecule has 0 N–H and O–H groups in total. The summed E-state index contributed by atoms with van der Waals surface area (Å²) < 4.78 is 0. The van der Waals surface area contributed by atoms with E-state index >= 15 is 0 Å². The van der Waals surface area contributed by atoms with Gasteiger partial charge in [-0.05, 0) is 55.0 Å². The molecule has 26 heavy (non-hydrogen) atoms. The van der Waals surface area contributed by atoms with Crippen molar-refractivity contribution in [3.05, 3.63) is 81.5 Å². The third-order valence-corrected chi connectivity index (χ3v) is 4.67. The smallest absolute Gasteiger partial charge is 0.258 e. The molecule has 2 aromatic rings. The molecular formula is C20H14Cl2N2O2. The predicted molar refractivity (Wildman–Crippen MR) is 100 cm³/mol. The maximum absolute atomic E-state index is 12.8. The maximum atomic E-state index is 12.8. The van der Waals surface area contributed by atoms with E-state index in [1.165, 1.54) is 4.90 Å². The summed E-state index contributed by atoms with van der Waals surface area (Å²) in [6.45, 7) is 0.433. The lowest BCUT2D eigenvalue weighted by Crippen LogP contribution is -2.33.